The van der Waals surface area contributed by atoms with Crippen molar-refractivity contribution in [1.82, 2.24) is 0 Å². The summed E-state index contributed by atoms with van der Waals surface area (Å²) in [5.74, 6) is 0.635. The first kappa shape index (κ1) is 14.4. The number of hydrogen-bond acceptors (Lipinski definition) is 2. The van der Waals surface area contributed by atoms with Gasteiger partial charge in [0, 0.05) is 20.0 Å². The highest BCUT2D eigenvalue weighted by Gasteiger charge is 2.23. The van der Waals surface area contributed by atoms with Crippen molar-refractivity contribution >= 4 is 55.9 Å². The van der Waals surface area contributed by atoms with Gasteiger partial charge in [0.25, 0.3) is 0 Å². The van der Waals surface area contributed by atoms with Crippen molar-refractivity contribution in [2.24, 2.45) is 0 Å². The highest BCUT2D eigenvalue weighted by Crippen LogP contribution is 2.34. The Morgan fingerprint density at radius 2 is 2.10 bits per heavy atom. The van der Waals surface area contributed by atoms with E-state index in [1.54, 1.807) is 18.2 Å². The van der Waals surface area contributed by atoms with Gasteiger partial charge in [0.05, 0.1) is 17.2 Å². The smallest absolute Gasteiger partial charge is 0.196 e. The van der Waals surface area contributed by atoms with Gasteiger partial charge in [-0.3, -0.25) is 4.79 Å². The molecule has 2 nitrogen and oxygen atoms in total. The minimum Gasteiger partial charge on any atom is -0.492 e. The average Bonchev–Trinajstić information content (AvgIpc) is 2.88. The fourth-order valence-corrected chi connectivity index (χ4v) is 3.25. The molecule has 1 aliphatic rings. The van der Waals surface area contributed by atoms with Gasteiger partial charge in [-0.05, 0) is 58.5 Å². The van der Waals surface area contributed by atoms with Gasteiger partial charge in [-0.15, -0.1) is 0 Å². The molecule has 1 aliphatic heterocycles. The first-order valence-electron chi connectivity index (χ1n) is 6.01. The van der Waals surface area contributed by atoms with Crippen LogP contribution in [-0.4, -0.2) is 12.4 Å². The Bertz CT molecular complexity index is 715. The number of rotatable bonds is 2. The van der Waals surface area contributed by atoms with Gasteiger partial charge in [0.2, 0.25) is 0 Å². The van der Waals surface area contributed by atoms with Crippen molar-refractivity contribution in [2.45, 2.75) is 6.42 Å². The molecule has 0 amide bonds. The van der Waals surface area contributed by atoms with E-state index in [1.165, 1.54) is 0 Å². The van der Waals surface area contributed by atoms with Gasteiger partial charge in [0.15, 0.2) is 5.78 Å². The molecular formula is C15H9BrClIO2. The van der Waals surface area contributed by atoms with E-state index in [4.69, 9.17) is 16.3 Å². The lowest BCUT2D eigenvalue weighted by molar-refractivity contribution is 0.103. The summed E-state index contributed by atoms with van der Waals surface area (Å²) in [4.78, 5) is 12.7. The number of carbonyl (C=O) groups is 1. The van der Waals surface area contributed by atoms with E-state index in [2.05, 4.69) is 38.5 Å². The van der Waals surface area contributed by atoms with Crippen LogP contribution in [0.2, 0.25) is 5.02 Å². The summed E-state index contributed by atoms with van der Waals surface area (Å²) in [6.07, 6.45) is 0.836. The summed E-state index contributed by atoms with van der Waals surface area (Å²) in [5.41, 5.74) is 2.23. The first-order valence-corrected chi connectivity index (χ1v) is 8.26. The molecule has 2 aromatic rings. The first-order chi connectivity index (χ1) is 9.56. The minimum absolute atomic E-state index is 0.0669. The molecule has 0 aromatic heterocycles. The van der Waals surface area contributed by atoms with Crippen LogP contribution in [0.25, 0.3) is 0 Å². The van der Waals surface area contributed by atoms with Crippen molar-refractivity contribution in [3.05, 3.63) is 60.1 Å². The number of ether oxygens (including phenoxy) is 1. The molecule has 0 spiro atoms. The lowest BCUT2D eigenvalue weighted by Gasteiger charge is -2.09. The average molecular weight is 463 g/mol. The maximum atomic E-state index is 12.7. The number of benzene rings is 2. The van der Waals surface area contributed by atoms with Gasteiger partial charge in [-0.25, -0.2) is 0 Å². The second-order valence-electron chi connectivity index (χ2n) is 4.50. The maximum absolute atomic E-state index is 12.7. The maximum Gasteiger partial charge on any atom is 0.196 e. The molecule has 0 atom stereocenters. The van der Waals surface area contributed by atoms with Crippen molar-refractivity contribution in [2.75, 3.05) is 6.61 Å². The zero-order valence-corrected chi connectivity index (χ0v) is 14.8. The van der Waals surface area contributed by atoms with Crippen LogP contribution in [0.5, 0.6) is 5.75 Å². The molecular weight excluding hydrogens is 454 g/mol. The van der Waals surface area contributed by atoms with E-state index in [0.717, 1.165) is 20.0 Å². The molecule has 0 fully saturated rings. The van der Waals surface area contributed by atoms with E-state index in [1.807, 2.05) is 12.1 Å². The normalized spacial score (nSPS) is 12.9. The SMILES string of the molecule is O=C(c1ccc(I)c(Cl)c1)c1cc(Br)cc2c1OCC2. The molecule has 0 bridgehead atoms. The Morgan fingerprint density at radius 1 is 1.30 bits per heavy atom. The Morgan fingerprint density at radius 3 is 2.85 bits per heavy atom. The Hall–Kier alpha value is -0.590. The van der Waals surface area contributed by atoms with Crippen molar-refractivity contribution in [1.29, 1.82) is 0 Å². The number of ketones is 1. The summed E-state index contributed by atoms with van der Waals surface area (Å²) >= 11 is 11.7. The van der Waals surface area contributed by atoms with Gasteiger partial charge in [0.1, 0.15) is 5.75 Å². The molecule has 0 aliphatic carbocycles. The summed E-state index contributed by atoms with van der Waals surface area (Å²) in [6.45, 7) is 0.625. The summed E-state index contributed by atoms with van der Waals surface area (Å²) in [6, 6.07) is 9.14. The van der Waals surface area contributed by atoms with Gasteiger partial charge in [-0.2, -0.15) is 0 Å². The molecule has 0 N–H and O–H groups in total. The molecule has 3 rings (SSSR count). The van der Waals surface area contributed by atoms with Crippen molar-refractivity contribution in [3.63, 3.8) is 0 Å². The molecule has 0 saturated heterocycles. The summed E-state index contributed by atoms with van der Waals surface area (Å²) < 4.78 is 7.42. The van der Waals surface area contributed by atoms with Gasteiger partial charge in [-0.1, -0.05) is 27.5 Å². The van der Waals surface area contributed by atoms with Crippen LogP contribution < -0.4 is 4.74 Å². The van der Waals surface area contributed by atoms with Crippen LogP contribution >= 0.6 is 50.1 Å². The minimum atomic E-state index is -0.0669. The predicted octanol–water partition coefficient (Wildman–Crippen LogP) is 4.87. The fourth-order valence-electron chi connectivity index (χ4n) is 2.23. The van der Waals surface area contributed by atoms with Gasteiger partial charge < -0.3 is 4.74 Å². The molecule has 0 radical (unpaired) electrons. The third-order valence-electron chi connectivity index (χ3n) is 3.17. The predicted molar refractivity (Wildman–Crippen MR) is 90.9 cm³/mol. The van der Waals surface area contributed by atoms with Gasteiger partial charge >= 0.3 is 0 Å². The topological polar surface area (TPSA) is 26.3 Å². The second kappa shape index (κ2) is 5.66. The standard InChI is InChI=1S/C15H9BrClIO2/c16-10-5-9-3-4-20-15(9)11(7-10)14(19)8-1-2-13(18)12(17)6-8/h1-2,5-7H,3-4H2. The van der Waals surface area contributed by atoms with Crippen LogP contribution in [0.4, 0.5) is 0 Å². The lowest BCUT2D eigenvalue weighted by atomic mass is 10.00. The Kier molecular flexibility index (Phi) is 4.06. The van der Waals surface area contributed by atoms with Crippen LogP contribution in [0.3, 0.4) is 0 Å². The number of carbonyl (C=O) groups excluding carboxylic acids is 1. The fraction of sp³-hybridized carbons (Fsp3) is 0.133. The third-order valence-corrected chi connectivity index (χ3v) is 5.20. The lowest BCUT2D eigenvalue weighted by Crippen LogP contribution is -2.04. The van der Waals surface area contributed by atoms with E-state index < -0.39 is 0 Å². The zero-order valence-electron chi connectivity index (χ0n) is 10.3. The molecule has 1 heterocycles. The zero-order chi connectivity index (χ0) is 14.3. The van der Waals surface area contributed by atoms with Crippen LogP contribution in [0, 0.1) is 3.57 Å². The van der Waals surface area contributed by atoms with Crippen LogP contribution in [-0.2, 0) is 6.42 Å². The molecule has 2 aromatic carbocycles. The van der Waals surface area contributed by atoms with E-state index >= 15 is 0 Å². The van der Waals surface area contributed by atoms with Crippen molar-refractivity contribution < 1.29 is 9.53 Å². The number of hydrogen-bond donors (Lipinski definition) is 0. The second-order valence-corrected chi connectivity index (χ2v) is 6.98. The quantitative estimate of drug-likeness (QED) is 0.469. The Labute approximate surface area is 143 Å². The third kappa shape index (κ3) is 2.61. The van der Waals surface area contributed by atoms with E-state index in [9.17, 15) is 4.79 Å². The molecule has 102 valence electrons. The van der Waals surface area contributed by atoms with Crippen LogP contribution in [0.1, 0.15) is 21.5 Å². The van der Waals surface area contributed by atoms with Crippen LogP contribution in [0.15, 0.2) is 34.8 Å². The highest BCUT2D eigenvalue weighted by atomic mass is 127. The summed E-state index contributed by atoms with van der Waals surface area (Å²) in [5, 5.41) is 0.587. The van der Waals surface area contributed by atoms with E-state index in [0.29, 0.717) is 28.5 Å². The molecule has 0 saturated carbocycles. The van der Waals surface area contributed by atoms with Crippen molar-refractivity contribution in [3.8, 4) is 5.75 Å². The Balaban J connectivity index is 2.09. The number of halogens is 3. The highest BCUT2D eigenvalue weighted by molar-refractivity contribution is 14.1. The monoisotopic (exact) mass is 462 g/mol. The molecule has 5 heteroatoms. The molecule has 20 heavy (non-hydrogen) atoms. The van der Waals surface area contributed by atoms with E-state index in [-0.39, 0.29) is 5.78 Å². The molecule has 0 unspecified atom stereocenters. The number of fused-ring (bicyclic) bond motifs is 1. The summed E-state index contributed by atoms with van der Waals surface area (Å²) in [7, 11) is 0. The largest absolute Gasteiger partial charge is 0.492 e.